The summed E-state index contributed by atoms with van der Waals surface area (Å²) < 4.78 is 26.2. The third-order valence-corrected chi connectivity index (χ3v) is 4.15. The molecule has 17 heavy (non-hydrogen) atoms. The normalized spacial score (nSPS) is 23.1. The van der Waals surface area contributed by atoms with Crippen LogP contribution in [0.15, 0.2) is 0 Å². The Kier molecular flexibility index (Phi) is 4.04. The van der Waals surface area contributed by atoms with Crippen LogP contribution in [-0.2, 0) is 6.42 Å². The summed E-state index contributed by atoms with van der Waals surface area (Å²) in [6.45, 7) is 3.85. The van der Waals surface area contributed by atoms with E-state index in [-0.39, 0.29) is 18.8 Å². The predicted molar refractivity (Wildman–Crippen MR) is 63.7 cm³/mol. The van der Waals surface area contributed by atoms with Crippen molar-refractivity contribution in [3.05, 3.63) is 10.0 Å². The molecule has 1 N–H and O–H groups in total. The fourth-order valence-electron chi connectivity index (χ4n) is 2.07. The Morgan fingerprint density at radius 3 is 2.94 bits per heavy atom. The standard InChI is InChI=1S/C11H17F2N3S/c1-2-14-6-4-9-15-16-10(17-9)8-3-5-11(12,13)7-8/h8,14H,2-7H2,1H3. The second-order valence-corrected chi connectivity index (χ2v) is 5.53. The van der Waals surface area contributed by atoms with Gasteiger partial charge >= 0.3 is 0 Å². The number of aromatic nitrogens is 2. The second-order valence-electron chi connectivity index (χ2n) is 4.43. The molecule has 3 nitrogen and oxygen atoms in total. The van der Waals surface area contributed by atoms with Crippen molar-refractivity contribution in [3.63, 3.8) is 0 Å². The molecule has 1 aliphatic carbocycles. The van der Waals surface area contributed by atoms with Crippen LogP contribution >= 0.6 is 11.3 Å². The molecule has 0 spiro atoms. The fourth-order valence-corrected chi connectivity index (χ4v) is 3.04. The highest BCUT2D eigenvalue weighted by Crippen LogP contribution is 2.44. The average molecular weight is 261 g/mol. The summed E-state index contributed by atoms with van der Waals surface area (Å²) in [6.07, 6.45) is 1.29. The highest BCUT2D eigenvalue weighted by atomic mass is 32.1. The van der Waals surface area contributed by atoms with Crippen LogP contribution in [0.5, 0.6) is 0 Å². The Hall–Kier alpha value is -0.620. The SMILES string of the molecule is CCNCCc1nnc(C2CCC(F)(F)C2)s1. The van der Waals surface area contributed by atoms with Gasteiger partial charge in [-0.2, -0.15) is 0 Å². The molecule has 0 radical (unpaired) electrons. The van der Waals surface area contributed by atoms with Gasteiger partial charge in [0.2, 0.25) is 5.92 Å². The minimum atomic E-state index is -2.50. The lowest BCUT2D eigenvalue weighted by Gasteiger charge is -2.06. The minimum Gasteiger partial charge on any atom is -0.317 e. The lowest BCUT2D eigenvalue weighted by molar-refractivity contribution is 0.00775. The zero-order valence-electron chi connectivity index (χ0n) is 9.88. The number of hydrogen-bond acceptors (Lipinski definition) is 4. The fraction of sp³-hybridized carbons (Fsp3) is 0.818. The zero-order chi connectivity index (χ0) is 12.3. The zero-order valence-corrected chi connectivity index (χ0v) is 10.7. The van der Waals surface area contributed by atoms with Gasteiger partial charge in [0.05, 0.1) is 0 Å². The number of hydrogen-bond donors (Lipinski definition) is 1. The molecular weight excluding hydrogens is 244 g/mol. The van der Waals surface area contributed by atoms with Crippen LogP contribution in [0.25, 0.3) is 0 Å². The van der Waals surface area contributed by atoms with Gasteiger partial charge in [-0.05, 0) is 13.0 Å². The molecule has 2 rings (SSSR count). The number of alkyl halides is 2. The first-order valence-electron chi connectivity index (χ1n) is 6.01. The summed E-state index contributed by atoms with van der Waals surface area (Å²) in [5, 5.41) is 13.0. The van der Waals surface area contributed by atoms with Crippen LogP contribution < -0.4 is 5.32 Å². The number of nitrogens with one attached hydrogen (secondary N) is 1. The smallest absolute Gasteiger partial charge is 0.248 e. The Morgan fingerprint density at radius 1 is 1.47 bits per heavy atom. The quantitative estimate of drug-likeness (QED) is 0.828. The van der Waals surface area contributed by atoms with Crippen molar-refractivity contribution >= 4 is 11.3 Å². The van der Waals surface area contributed by atoms with Gasteiger partial charge in [0.25, 0.3) is 0 Å². The summed E-state index contributed by atoms with van der Waals surface area (Å²) in [4.78, 5) is 0. The molecule has 0 saturated heterocycles. The first-order chi connectivity index (χ1) is 8.11. The van der Waals surface area contributed by atoms with Crippen molar-refractivity contribution in [3.8, 4) is 0 Å². The molecule has 1 saturated carbocycles. The monoisotopic (exact) mass is 261 g/mol. The predicted octanol–water partition coefficient (Wildman–Crippen LogP) is 2.59. The van der Waals surface area contributed by atoms with Gasteiger partial charge in [0.1, 0.15) is 10.0 Å². The molecule has 1 aromatic rings. The van der Waals surface area contributed by atoms with E-state index in [4.69, 9.17) is 0 Å². The van der Waals surface area contributed by atoms with Crippen LogP contribution in [0, 0.1) is 0 Å². The minimum absolute atomic E-state index is 0.00995. The van der Waals surface area contributed by atoms with Gasteiger partial charge in [0.15, 0.2) is 0 Å². The molecular formula is C11H17F2N3S. The maximum absolute atomic E-state index is 13.1. The molecule has 1 aliphatic rings. The lowest BCUT2D eigenvalue weighted by atomic mass is 10.1. The molecule has 1 atom stereocenters. The highest BCUT2D eigenvalue weighted by molar-refractivity contribution is 7.11. The van der Waals surface area contributed by atoms with Crippen LogP contribution in [0.3, 0.4) is 0 Å². The van der Waals surface area contributed by atoms with Crippen molar-refractivity contribution in [1.82, 2.24) is 15.5 Å². The van der Waals surface area contributed by atoms with Gasteiger partial charge in [-0.15, -0.1) is 21.5 Å². The summed E-state index contributed by atoms with van der Waals surface area (Å²) in [6, 6.07) is 0. The largest absolute Gasteiger partial charge is 0.317 e. The molecule has 1 fully saturated rings. The summed E-state index contributed by atoms with van der Waals surface area (Å²) in [7, 11) is 0. The second kappa shape index (κ2) is 5.35. The van der Waals surface area contributed by atoms with Gasteiger partial charge in [-0.1, -0.05) is 6.92 Å². The van der Waals surface area contributed by atoms with E-state index >= 15 is 0 Å². The number of likely N-dealkylation sites (N-methyl/N-ethyl adjacent to an activating group) is 1. The van der Waals surface area contributed by atoms with Crippen LogP contribution in [0.1, 0.15) is 42.1 Å². The summed E-state index contributed by atoms with van der Waals surface area (Å²) in [5.74, 6) is -2.59. The number of nitrogens with zero attached hydrogens (tertiary/aromatic N) is 2. The highest BCUT2D eigenvalue weighted by Gasteiger charge is 2.41. The van der Waals surface area contributed by atoms with Crippen molar-refractivity contribution < 1.29 is 8.78 Å². The van der Waals surface area contributed by atoms with Crippen molar-refractivity contribution in [2.24, 2.45) is 0 Å². The van der Waals surface area contributed by atoms with E-state index in [0.717, 1.165) is 29.5 Å². The Labute approximate surface area is 104 Å². The topological polar surface area (TPSA) is 37.8 Å². The molecule has 0 aliphatic heterocycles. The number of rotatable bonds is 5. The third-order valence-electron chi connectivity index (χ3n) is 3.00. The maximum atomic E-state index is 13.1. The molecule has 1 unspecified atom stereocenters. The molecule has 96 valence electrons. The summed E-state index contributed by atoms with van der Waals surface area (Å²) >= 11 is 1.49. The molecule has 6 heteroatoms. The van der Waals surface area contributed by atoms with E-state index in [0.29, 0.717) is 6.42 Å². The van der Waals surface area contributed by atoms with Crippen molar-refractivity contribution in [1.29, 1.82) is 0 Å². The molecule has 0 aromatic carbocycles. The van der Waals surface area contributed by atoms with Crippen LogP contribution in [0.4, 0.5) is 8.78 Å². The van der Waals surface area contributed by atoms with Crippen molar-refractivity contribution in [2.45, 2.75) is 44.4 Å². The van der Waals surface area contributed by atoms with Crippen LogP contribution in [-0.4, -0.2) is 29.2 Å². The third kappa shape index (κ3) is 3.42. The van der Waals surface area contributed by atoms with E-state index in [1.54, 1.807) is 0 Å². The van der Waals surface area contributed by atoms with E-state index in [1.807, 2.05) is 6.92 Å². The average Bonchev–Trinajstić information content (AvgIpc) is 2.85. The van der Waals surface area contributed by atoms with Gasteiger partial charge in [-0.25, -0.2) is 8.78 Å². The van der Waals surface area contributed by atoms with Gasteiger partial charge < -0.3 is 5.32 Å². The van der Waals surface area contributed by atoms with E-state index in [2.05, 4.69) is 15.5 Å². The van der Waals surface area contributed by atoms with E-state index in [9.17, 15) is 8.78 Å². The molecule has 1 aromatic heterocycles. The van der Waals surface area contributed by atoms with E-state index < -0.39 is 5.92 Å². The Balaban J connectivity index is 1.90. The first-order valence-corrected chi connectivity index (χ1v) is 6.83. The van der Waals surface area contributed by atoms with Gasteiger partial charge in [0, 0.05) is 31.7 Å². The molecule has 0 amide bonds. The van der Waals surface area contributed by atoms with Crippen molar-refractivity contribution in [2.75, 3.05) is 13.1 Å². The summed E-state index contributed by atoms with van der Waals surface area (Å²) in [5.41, 5.74) is 0. The molecule has 0 bridgehead atoms. The Bertz CT molecular complexity index is 367. The van der Waals surface area contributed by atoms with Gasteiger partial charge in [-0.3, -0.25) is 0 Å². The lowest BCUT2D eigenvalue weighted by Crippen LogP contribution is -2.15. The van der Waals surface area contributed by atoms with Crippen LogP contribution in [0.2, 0.25) is 0 Å². The first kappa shape index (κ1) is 12.8. The Morgan fingerprint density at radius 2 is 2.29 bits per heavy atom. The maximum Gasteiger partial charge on any atom is 0.248 e. The number of halogens is 2. The molecule has 1 heterocycles. The van der Waals surface area contributed by atoms with E-state index in [1.165, 1.54) is 11.3 Å².